The van der Waals surface area contributed by atoms with Gasteiger partial charge in [0.05, 0.1) is 11.6 Å². The molecule has 0 saturated carbocycles. The van der Waals surface area contributed by atoms with Gasteiger partial charge in [0.1, 0.15) is 0 Å². The van der Waals surface area contributed by atoms with Crippen molar-refractivity contribution in [2.75, 3.05) is 5.43 Å². The highest BCUT2D eigenvalue weighted by Gasteiger charge is 2.09. The predicted molar refractivity (Wildman–Crippen MR) is 69.2 cm³/mol. The average molecular weight is 248 g/mol. The van der Waals surface area contributed by atoms with Crippen molar-refractivity contribution in [2.24, 2.45) is 0 Å². The van der Waals surface area contributed by atoms with E-state index in [0.717, 1.165) is 16.5 Å². The van der Waals surface area contributed by atoms with Crippen molar-refractivity contribution in [1.29, 1.82) is 0 Å². The number of nitrogens with zero attached hydrogens (tertiary/aromatic N) is 1. The van der Waals surface area contributed by atoms with Crippen LogP contribution >= 0.6 is 0 Å². The Balaban J connectivity index is 2.11. The predicted octanol–water partition coefficient (Wildman–Crippen LogP) is 2.33. The molecule has 18 heavy (non-hydrogen) atoms. The van der Waals surface area contributed by atoms with Crippen molar-refractivity contribution < 1.29 is 9.53 Å². The van der Waals surface area contributed by atoms with Crippen LogP contribution in [0.2, 0.25) is 0 Å². The second kappa shape index (κ2) is 4.95. The molecule has 0 unspecified atom stereocenters. The van der Waals surface area contributed by atoms with Gasteiger partial charge in [0, 0.05) is 5.39 Å². The summed E-state index contributed by atoms with van der Waals surface area (Å²) < 4.78 is 4.94. The standard InChI is InChI=1S/C12H16N4O2/c1-7(2)18-12(17)16-15-11-10-8(3)5-4-6-9(10)13-14-11/h4-7H,1-3H3,(H,16,17)(H2,13,14,15). The molecule has 0 spiro atoms. The fraction of sp³-hybridized carbons (Fsp3) is 0.333. The van der Waals surface area contributed by atoms with Crippen molar-refractivity contribution in [3.8, 4) is 0 Å². The summed E-state index contributed by atoms with van der Waals surface area (Å²) in [6.07, 6.45) is -0.695. The molecule has 96 valence electrons. The lowest BCUT2D eigenvalue weighted by Gasteiger charge is -2.10. The number of hydrogen-bond acceptors (Lipinski definition) is 4. The zero-order chi connectivity index (χ0) is 13.1. The lowest BCUT2D eigenvalue weighted by molar-refractivity contribution is 0.117. The van der Waals surface area contributed by atoms with Gasteiger partial charge in [-0.1, -0.05) is 12.1 Å². The molecule has 3 N–H and O–H groups in total. The highest BCUT2D eigenvalue weighted by atomic mass is 16.6. The van der Waals surface area contributed by atoms with Gasteiger partial charge in [0.25, 0.3) is 0 Å². The number of carbonyl (C=O) groups excluding carboxylic acids is 1. The van der Waals surface area contributed by atoms with E-state index in [9.17, 15) is 4.79 Å². The number of aryl methyl sites for hydroxylation is 1. The number of H-pyrrole nitrogens is 1. The summed E-state index contributed by atoms with van der Waals surface area (Å²) in [5.41, 5.74) is 7.17. The summed E-state index contributed by atoms with van der Waals surface area (Å²) in [6, 6.07) is 5.85. The van der Waals surface area contributed by atoms with Gasteiger partial charge < -0.3 is 4.74 Å². The van der Waals surface area contributed by atoms with E-state index < -0.39 is 6.09 Å². The van der Waals surface area contributed by atoms with E-state index in [2.05, 4.69) is 21.0 Å². The van der Waals surface area contributed by atoms with Crippen LogP contribution in [0.3, 0.4) is 0 Å². The molecule has 0 saturated heterocycles. The van der Waals surface area contributed by atoms with Crippen molar-refractivity contribution in [3.63, 3.8) is 0 Å². The molecule has 2 rings (SSSR count). The molecule has 0 aliphatic carbocycles. The van der Waals surface area contributed by atoms with E-state index in [1.165, 1.54) is 0 Å². The highest BCUT2D eigenvalue weighted by molar-refractivity contribution is 5.92. The van der Waals surface area contributed by atoms with Gasteiger partial charge in [-0.05, 0) is 32.4 Å². The van der Waals surface area contributed by atoms with Crippen molar-refractivity contribution in [3.05, 3.63) is 23.8 Å². The lowest BCUT2D eigenvalue weighted by atomic mass is 10.1. The molecular formula is C12H16N4O2. The van der Waals surface area contributed by atoms with Crippen molar-refractivity contribution in [2.45, 2.75) is 26.9 Å². The van der Waals surface area contributed by atoms with E-state index in [4.69, 9.17) is 4.74 Å². The van der Waals surface area contributed by atoms with E-state index in [0.29, 0.717) is 5.82 Å². The molecule has 2 aromatic rings. The minimum Gasteiger partial charge on any atom is -0.446 e. The summed E-state index contributed by atoms with van der Waals surface area (Å²) in [5.74, 6) is 0.573. The number of rotatable bonds is 3. The first-order valence-corrected chi connectivity index (χ1v) is 5.74. The fourth-order valence-electron chi connectivity index (χ4n) is 1.69. The molecular weight excluding hydrogens is 232 g/mol. The van der Waals surface area contributed by atoms with Crippen LogP contribution in [-0.4, -0.2) is 22.4 Å². The molecule has 0 aliphatic rings. The summed E-state index contributed by atoms with van der Waals surface area (Å²) in [4.78, 5) is 11.3. The van der Waals surface area contributed by atoms with Gasteiger partial charge in [0.15, 0.2) is 5.82 Å². The number of aromatic nitrogens is 2. The summed E-state index contributed by atoms with van der Waals surface area (Å²) >= 11 is 0. The van der Waals surface area contributed by atoms with Crippen LogP contribution in [0.15, 0.2) is 18.2 Å². The van der Waals surface area contributed by atoms with Crippen LogP contribution < -0.4 is 10.9 Å². The number of anilines is 1. The van der Waals surface area contributed by atoms with Crippen LogP contribution in [0.5, 0.6) is 0 Å². The Morgan fingerprint density at radius 2 is 2.22 bits per heavy atom. The quantitative estimate of drug-likeness (QED) is 0.728. The van der Waals surface area contributed by atoms with Crippen LogP contribution in [-0.2, 0) is 4.74 Å². The van der Waals surface area contributed by atoms with E-state index in [-0.39, 0.29) is 6.10 Å². The molecule has 1 amide bonds. The SMILES string of the molecule is Cc1cccc2[nH]nc(NNC(=O)OC(C)C)c12. The first-order valence-electron chi connectivity index (χ1n) is 5.74. The Labute approximate surface area is 105 Å². The topological polar surface area (TPSA) is 79.0 Å². The largest absolute Gasteiger partial charge is 0.446 e. The van der Waals surface area contributed by atoms with Gasteiger partial charge in [-0.25, -0.2) is 10.2 Å². The lowest BCUT2D eigenvalue weighted by Crippen LogP contribution is -2.32. The zero-order valence-electron chi connectivity index (χ0n) is 10.6. The first-order chi connectivity index (χ1) is 8.58. The molecule has 1 aromatic heterocycles. The maximum absolute atomic E-state index is 11.3. The smallest absolute Gasteiger partial charge is 0.426 e. The van der Waals surface area contributed by atoms with Gasteiger partial charge in [-0.2, -0.15) is 5.10 Å². The number of aromatic amines is 1. The number of carbonyl (C=O) groups is 1. The number of benzene rings is 1. The Bertz CT molecular complexity index is 562. The second-order valence-electron chi connectivity index (χ2n) is 4.27. The summed E-state index contributed by atoms with van der Waals surface area (Å²) in [7, 11) is 0. The summed E-state index contributed by atoms with van der Waals surface area (Å²) in [6.45, 7) is 5.55. The Morgan fingerprint density at radius 3 is 2.94 bits per heavy atom. The molecule has 0 atom stereocenters. The minimum atomic E-state index is -0.533. The molecule has 0 radical (unpaired) electrons. The number of hydrazine groups is 1. The first kappa shape index (κ1) is 12.2. The third-order valence-electron chi connectivity index (χ3n) is 2.42. The van der Waals surface area contributed by atoms with Crippen LogP contribution in [0.25, 0.3) is 10.9 Å². The number of hydrogen-bond donors (Lipinski definition) is 3. The average Bonchev–Trinajstić information content (AvgIpc) is 2.70. The molecule has 0 aliphatic heterocycles. The molecule has 0 fully saturated rings. The van der Waals surface area contributed by atoms with E-state index in [1.54, 1.807) is 13.8 Å². The van der Waals surface area contributed by atoms with Gasteiger partial charge in [0.2, 0.25) is 0 Å². The van der Waals surface area contributed by atoms with Gasteiger partial charge in [-0.15, -0.1) is 0 Å². The zero-order valence-corrected chi connectivity index (χ0v) is 10.6. The Hall–Kier alpha value is -2.24. The molecule has 6 heteroatoms. The molecule has 6 nitrogen and oxygen atoms in total. The molecule has 1 heterocycles. The third kappa shape index (κ3) is 2.53. The fourth-order valence-corrected chi connectivity index (χ4v) is 1.69. The second-order valence-corrected chi connectivity index (χ2v) is 4.27. The molecule has 0 bridgehead atoms. The molecule has 1 aromatic carbocycles. The summed E-state index contributed by atoms with van der Waals surface area (Å²) in [5, 5.41) is 7.94. The Kier molecular flexibility index (Phi) is 3.36. The highest BCUT2D eigenvalue weighted by Crippen LogP contribution is 2.23. The van der Waals surface area contributed by atoms with E-state index in [1.807, 2.05) is 25.1 Å². The third-order valence-corrected chi connectivity index (χ3v) is 2.42. The maximum atomic E-state index is 11.3. The Morgan fingerprint density at radius 1 is 1.44 bits per heavy atom. The van der Waals surface area contributed by atoms with Crippen LogP contribution in [0, 0.1) is 6.92 Å². The van der Waals surface area contributed by atoms with Crippen LogP contribution in [0.4, 0.5) is 10.6 Å². The van der Waals surface area contributed by atoms with Crippen LogP contribution in [0.1, 0.15) is 19.4 Å². The van der Waals surface area contributed by atoms with Crippen molar-refractivity contribution >= 4 is 22.8 Å². The number of nitrogens with one attached hydrogen (secondary N) is 3. The van der Waals surface area contributed by atoms with Gasteiger partial charge in [-0.3, -0.25) is 10.5 Å². The number of ether oxygens (including phenoxy) is 1. The normalized spacial score (nSPS) is 10.7. The number of amides is 1. The monoisotopic (exact) mass is 248 g/mol. The van der Waals surface area contributed by atoms with E-state index >= 15 is 0 Å². The number of fused-ring (bicyclic) bond motifs is 1. The minimum absolute atomic E-state index is 0.163. The van der Waals surface area contributed by atoms with Crippen molar-refractivity contribution in [1.82, 2.24) is 15.6 Å². The maximum Gasteiger partial charge on any atom is 0.426 e. The van der Waals surface area contributed by atoms with Gasteiger partial charge >= 0.3 is 6.09 Å².